The molecule has 6 heteroatoms. The molecule has 0 saturated carbocycles. The molecule has 0 bridgehead atoms. The van der Waals surface area contributed by atoms with Crippen LogP contribution in [0.4, 0.5) is 0 Å². The number of rotatable bonds is 4. The van der Waals surface area contributed by atoms with Crippen LogP contribution in [0.5, 0.6) is 0 Å². The molecule has 0 aliphatic heterocycles. The van der Waals surface area contributed by atoms with Gasteiger partial charge >= 0.3 is 5.97 Å². The minimum absolute atomic E-state index is 0.179. The number of hydrogen-bond donors (Lipinski definition) is 0. The Bertz CT molecular complexity index is 598. The molecule has 1 aromatic carbocycles. The molecule has 3 nitrogen and oxygen atoms in total. The molecule has 1 aromatic heterocycles. The van der Waals surface area contributed by atoms with Crippen LogP contribution in [0.2, 0.25) is 10.0 Å². The maximum atomic E-state index is 11.6. The Morgan fingerprint density at radius 3 is 2.79 bits per heavy atom. The fraction of sp³-hybridized carbons (Fsp3) is 0.231. The molecule has 2 rings (SSSR count). The third-order valence-corrected chi connectivity index (χ3v) is 3.94. The van der Waals surface area contributed by atoms with E-state index >= 15 is 0 Å². The summed E-state index contributed by atoms with van der Waals surface area (Å²) in [5.74, 6) is -0.309. The number of aromatic nitrogens is 1. The van der Waals surface area contributed by atoms with E-state index in [1.54, 1.807) is 18.2 Å². The van der Waals surface area contributed by atoms with Crippen molar-refractivity contribution in [3.05, 3.63) is 49.9 Å². The SMILES string of the molecule is Cc1nc(CC(=O)OCc2ccc(Cl)c(Cl)c2)cs1. The highest BCUT2D eigenvalue weighted by atomic mass is 35.5. The minimum Gasteiger partial charge on any atom is -0.461 e. The average molecular weight is 316 g/mol. The van der Waals surface area contributed by atoms with Crippen LogP contribution in [-0.4, -0.2) is 11.0 Å². The van der Waals surface area contributed by atoms with E-state index in [0.29, 0.717) is 10.0 Å². The largest absolute Gasteiger partial charge is 0.461 e. The molecule has 1 heterocycles. The fourth-order valence-corrected chi connectivity index (χ4v) is 2.41. The molecular formula is C13H11Cl2NO2S. The topological polar surface area (TPSA) is 39.2 Å². The van der Waals surface area contributed by atoms with Crippen molar-refractivity contribution in [2.75, 3.05) is 0 Å². The van der Waals surface area contributed by atoms with E-state index in [0.717, 1.165) is 16.3 Å². The first kappa shape index (κ1) is 14.3. The molecule has 0 fully saturated rings. The lowest BCUT2D eigenvalue weighted by atomic mass is 10.2. The van der Waals surface area contributed by atoms with Gasteiger partial charge in [-0.2, -0.15) is 0 Å². The summed E-state index contributed by atoms with van der Waals surface area (Å²) in [6, 6.07) is 5.13. The lowest BCUT2D eigenvalue weighted by Gasteiger charge is -2.05. The van der Waals surface area contributed by atoms with Gasteiger partial charge in [-0.15, -0.1) is 11.3 Å². The molecule has 2 aromatic rings. The second kappa shape index (κ2) is 6.37. The molecule has 0 N–H and O–H groups in total. The first-order chi connectivity index (χ1) is 9.04. The number of halogens is 2. The summed E-state index contributed by atoms with van der Waals surface area (Å²) in [4.78, 5) is 15.8. The van der Waals surface area contributed by atoms with Gasteiger partial charge in [0, 0.05) is 5.38 Å². The van der Waals surface area contributed by atoms with Crippen LogP contribution < -0.4 is 0 Å². The van der Waals surface area contributed by atoms with Crippen molar-refractivity contribution in [1.29, 1.82) is 0 Å². The van der Waals surface area contributed by atoms with E-state index in [2.05, 4.69) is 4.98 Å². The van der Waals surface area contributed by atoms with Gasteiger partial charge in [-0.25, -0.2) is 4.98 Å². The summed E-state index contributed by atoms with van der Waals surface area (Å²) < 4.78 is 5.16. The Kier molecular flexibility index (Phi) is 4.80. The van der Waals surface area contributed by atoms with Gasteiger partial charge in [0.1, 0.15) is 6.61 Å². The smallest absolute Gasteiger partial charge is 0.312 e. The molecule has 0 spiro atoms. The van der Waals surface area contributed by atoms with Crippen molar-refractivity contribution >= 4 is 40.5 Å². The van der Waals surface area contributed by atoms with Crippen LogP contribution in [0.1, 0.15) is 16.3 Å². The van der Waals surface area contributed by atoms with Crippen molar-refractivity contribution in [2.24, 2.45) is 0 Å². The van der Waals surface area contributed by atoms with Crippen LogP contribution in [0, 0.1) is 6.92 Å². The molecule has 0 atom stereocenters. The molecule has 0 unspecified atom stereocenters. The second-order valence-electron chi connectivity index (χ2n) is 3.94. The highest BCUT2D eigenvalue weighted by molar-refractivity contribution is 7.09. The second-order valence-corrected chi connectivity index (χ2v) is 5.82. The zero-order valence-electron chi connectivity index (χ0n) is 10.2. The number of hydrogen-bond acceptors (Lipinski definition) is 4. The molecular weight excluding hydrogens is 305 g/mol. The van der Waals surface area contributed by atoms with Crippen LogP contribution in [0.3, 0.4) is 0 Å². The summed E-state index contributed by atoms with van der Waals surface area (Å²) >= 11 is 13.2. The number of aryl methyl sites for hydroxylation is 1. The lowest BCUT2D eigenvalue weighted by Crippen LogP contribution is -2.08. The summed E-state index contributed by atoms with van der Waals surface area (Å²) in [5, 5.41) is 3.72. The third kappa shape index (κ3) is 4.20. The Balaban J connectivity index is 1.88. The van der Waals surface area contributed by atoms with Gasteiger partial charge in [-0.05, 0) is 24.6 Å². The standard InChI is InChI=1S/C13H11Cl2NO2S/c1-8-16-10(7-19-8)5-13(17)18-6-9-2-3-11(14)12(15)4-9/h2-4,7H,5-6H2,1H3. The average Bonchev–Trinajstić information content (AvgIpc) is 2.76. The molecule has 0 aliphatic rings. The predicted molar refractivity (Wildman–Crippen MR) is 76.8 cm³/mol. The maximum Gasteiger partial charge on any atom is 0.312 e. The molecule has 0 aliphatic carbocycles. The Morgan fingerprint density at radius 2 is 2.16 bits per heavy atom. The van der Waals surface area contributed by atoms with Crippen molar-refractivity contribution < 1.29 is 9.53 Å². The van der Waals surface area contributed by atoms with E-state index in [9.17, 15) is 4.79 Å². The number of esters is 1. The van der Waals surface area contributed by atoms with Gasteiger partial charge < -0.3 is 4.74 Å². The number of nitrogens with zero attached hydrogens (tertiary/aromatic N) is 1. The minimum atomic E-state index is -0.309. The molecule has 0 amide bonds. The van der Waals surface area contributed by atoms with Crippen molar-refractivity contribution in [1.82, 2.24) is 4.98 Å². The predicted octanol–water partition coefficient (Wildman–Crippen LogP) is 4.04. The quantitative estimate of drug-likeness (QED) is 0.799. The summed E-state index contributed by atoms with van der Waals surface area (Å²) in [7, 11) is 0. The highest BCUT2D eigenvalue weighted by Gasteiger charge is 2.08. The molecule has 100 valence electrons. The van der Waals surface area contributed by atoms with Crippen molar-refractivity contribution in [3.8, 4) is 0 Å². The van der Waals surface area contributed by atoms with Crippen LogP contribution >= 0.6 is 34.5 Å². The van der Waals surface area contributed by atoms with E-state index in [-0.39, 0.29) is 19.0 Å². The van der Waals surface area contributed by atoms with Gasteiger partial charge in [0.15, 0.2) is 0 Å². The fourth-order valence-electron chi connectivity index (χ4n) is 1.48. The van der Waals surface area contributed by atoms with Crippen LogP contribution in [0.25, 0.3) is 0 Å². The summed E-state index contributed by atoms with van der Waals surface area (Å²) in [5.41, 5.74) is 1.54. The van der Waals surface area contributed by atoms with Gasteiger partial charge in [-0.3, -0.25) is 4.79 Å². The zero-order valence-corrected chi connectivity index (χ0v) is 12.5. The number of ether oxygens (including phenoxy) is 1. The van der Waals surface area contributed by atoms with Gasteiger partial charge in [0.25, 0.3) is 0 Å². The molecule has 19 heavy (non-hydrogen) atoms. The van der Waals surface area contributed by atoms with Gasteiger partial charge in [0.2, 0.25) is 0 Å². The van der Waals surface area contributed by atoms with Crippen LogP contribution in [-0.2, 0) is 22.6 Å². The number of benzene rings is 1. The van der Waals surface area contributed by atoms with E-state index < -0.39 is 0 Å². The number of carbonyl (C=O) groups is 1. The van der Waals surface area contributed by atoms with Gasteiger partial charge in [0.05, 0.1) is 27.2 Å². The zero-order chi connectivity index (χ0) is 13.8. The molecule has 0 saturated heterocycles. The van der Waals surface area contributed by atoms with Crippen LogP contribution in [0.15, 0.2) is 23.6 Å². The van der Waals surface area contributed by atoms with E-state index in [4.69, 9.17) is 27.9 Å². The third-order valence-electron chi connectivity index (χ3n) is 2.38. The van der Waals surface area contributed by atoms with E-state index in [1.807, 2.05) is 12.3 Å². The highest BCUT2D eigenvalue weighted by Crippen LogP contribution is 2.23. The van der Waals surface area contributed by atoms with Crippen molar-refractivity contribution in [2.45, 2.75) is 20.0 Å². The first-order valence-corrected chi connectivity index (χ1v) is 7.18. The monoisotopic (exact) mass is 315 g/mol. The maximum absolute atomic E-state index is 11.6. The summed E-state index contributed by atoms with van der Waals surface area (Å²) in [6.45, 7) is 2.08. The Hall–Kier alpha value is -1.10. The van der Waals surface area contributed by atoms with Crippen molar-refractivity contribution in [3.63, 3.8) is 0 Å². The van der Waals surface area contributed by atoms with Gasteiger partial charge in [-0.1, -0.05) is 29.3 Å². The first-order valence-electron chi connectivity index (χ1n) is 5.55. The van der Waals surface area contributed by atoms with E-state index in [1.165, 1.54) is 11.3 Å². The summed E-state index contributed by atoms with van der Waals surface area (Å²) in [6.07, 6.45) is 0.186. The number of carbonyl (C=O) groups excluding carboxylic acids is 1. The normalized spacial score (nSPS) is 10.5. The lowest BCUT2D eigenvalue weighted by molar-refractivity contribution is -0.144. The molecule has 0 radical (unpaired) electrons. The Morgan fingerprint density at radius 1 is 1.37 bits per heavy atom. The Labute approximate surface area is 125 Å². The number of thiazole rings is 1.